The number of carbonyl (C=O) groups excluding carboxylic acids is 3. The lowest BCUT2D eigenvalue weighted by molar-refractivity contribution is -0.149. The zero-order valence-electron chi connectivity index (χ0n) is 17.2. The van der Waals surface area contributed by atoms with Gasteiger partial charge in [-0.1, -0.05) is 62.2 Å². The number of nitrogens with one attached hydrogen (secondary N) is 2. The molecule has 0 bridgehead atoms. The maximum absolute atomic E-state index is 12.6. The van der Waals surface area contributed by atoms with Crippen molar-refractivity contribution < 1.29 is 19.1 Å². The molecule has 0 aromatic heterocycles. The molecule has 6 heteroatoms. The first kappa shape index (κ1) is 21.6. The van der Waals surface area contributed by atoms with Crippen LogP contribution in [0.4, 0.5) is 5.69 Å². The van der Waals surface area contributed by atoms with E-state index in [2.05, 4.69) is 10.6 Å². The van der Waals surface area contributed by atoms with Crippen molar-refractivity contribution in [2.24, 2.45) is 0 Å². The first-order valence-electron chi connectivity index (χ1n) is 10.5. The lowest BCUT2D eigenvalue weighted by Gasteiger charge is -2.16. The largest absolute Gasteiger partial charge is 0.455 e. The van der Waals surface area contributed by atoms with Crippen molar-refractivity contribution in [3.8, 4) is 0 Å². The molecule has 6 nitrogen and oxygen atoms in total. The summed E-state index contributed by atoms with van der Waals surface area (Å²) in [5.74, 6) is -1.54. The normalized spacial score (nSPS) is 14.7. The van der Waals surface area contributed by atoms with Crippen LogP contribution in [0.5, 0.6) is 0 Å². The van der Waals surface area contributed by atoms with Crippen LogP contribution in [0.1, 0.15) is 60.9 Å². The van der Waals surface area contributed by atoms with Crippen molar-refractivity contribution in [3.05, 3.63) is 65.7 Å². The van der Waals surface area contributed by atoms with Gasteiger partial charge in [0.1, 0.15) is 0 Å². The van der Waals surface area contributed by atoms with E-state index in [1.165, 1.54) is 0 Å². The molecule has 0 spiro atoms. The van der Waals surface area contributed by atoms with Crippen molar-refractivity contribution in [1.82, 2.24) is 5.32 Å². The molecule has 0 heterocycles. The number of para-hydroxylation sites is 1. The SMILES string of the molecule is CCC(C(=O)OCC(=O)Nc1ccccc1C(=O)NC1CCCC1)c1ccccc1. The summed E-state index contributed by atoms with van der Waals surface area (Å²) in [6, 6.07) is 16.4. The number of anilines is 1. The molecule has 0 radical (unpaired) electrons. The molecule has 1 fully saturated rings. The Labute approximate surface area is 177 Å². The molecular formula is C24H28N2O4. The lowest BCUT2D eigenvalue weighted by atomic mass is 9.97. The smallest absolute Gasteiger partial charge is 0.313 e. The van der Waals surface area contributed by atoms with Gasteiger partial charge in [0.05, 0.1) is 17.2 Å². The fraction of sp³-hybridized carbons (Fsp3) is 0.375. The van der Waals surface area contributed by atoms with E-state index in [0.29, 0.717) is 17.7 Å². The van der Waals surface area contributed by atoms with E-state index >= 15 is 0 Å². The first-order valence-corrected chi connectivity index (χ1v) is 10.5. The van der Waals surface area contributed by atoms with Crippen molar-refractivity contribution in [3.63, 3.8) is 0 Å². The lowest BCUT2D eigenvalue weighted by Crippen LogP contribution is -2.33. The molecule has 3 rings (SSSR count). The number of carbonyl (C=O) groups is 3. The number of hydrogen-bond acceptors (Lipinski definition) is 4. The third kappa shape index (κ3) is 5.69. The molecule has 1 unspecified atom stereocenters. The van der Waals surface area contributed by atoms with Gasteiger partial charge in [-0.2, -0.15) is 0 Å². The summed E-state index contributed by atoms with van der Waals surface area (Å²) in [4.78, 5) is 37.4. The molecule has 2 amide bonds. The van der Waals surface area contributed by atoms with E-state index in [9.17, 15) is 14.4 Å². The molecule has 30 heavy (non-hydrogen) atoms. The highest BCUT2D eigenvalue weighted by Gasteiger charge is 2.22. The van der Waals surface area contributed by atoms with Crippen molar-refractivity contribution in [2.45, 2.75) is 51.0 Å². The predicted octanol–water partition coefficient (Wildman–Crippen LogP) is 4.03. The maximum atomic E-state index is 12.6. The van der Waals surface area contributed by atoms with Gasteiger partial charge in [-0.15, -0.1) is 0 Å². The van der Waals surface area contributed by atoms with E-state index in [0.717, 1.165) is 31.2 Å². The minimum Gasteiger partial charge on any atom is -0.455 e. The average molecular weight is 408 g/mol. The topological polar surface area (TPSA) is 84.5 Å². The summed E-state index contributed by atoms with van der Waals surface area (Å²) in [6.45, 7) is 1.50. The molecule has 0 aliphatic heterocycles. The summed E-state index contributed by atoms with van der Waals surface area (Å²) in [5, 5.41) is 5.72. The van der Waals surface area contributed by atoms with Crippen LogP contribution in [0, 0.1) is 0 Å². The second-order valence-corrected chi connectivity index (χ2v) is 7.53. The van der Waals surface area contributed by atoms with Gasteiger partial charge in [-0.25, -0.2) is 0 Å². The van der Waals surface area contributed by atoms with Gasteiger partial charge in [-0.05, 0) is 37.0 Å². The summed E-state index contributed by atoms with van der Waals surface area (Å²) in [5.41, 5.74) is 1.67. The Kier molecular flexibility index (Phi) is 7.60. The highest BCUT2D eigenvalue weighted by atomic mass is 16.5. The third-order valence-corrected chi connectivity index (χ3v) is 5.38. The molecule has 0 saturated heterocycles. The van der Waals surface area contributed by atoms with Gasteiger partial charge < -0.3 is 15.4 Å². The van der Waals surface area contributed by atoms with E-state index < -0.39 is 24.4 Å². The Morgan fingerprint density at radius 2 is 1.67 bits per heavy atom. The van der Waals surface area contributed by atoms with Gasteiger partial charge in [-0.3, -0.25) is 14.4 Å². The Hall–Kier alpha value is -3.15. The molecule has 1 saturated carbocycles. The standard InChI is InChI=1S/C24H28N2O4/c1-2-19(17-10-4-3-5-11-17)24(29)30-16-22(27)26-21-15-9-8-14-20(21)23(28)25-18-12-6-7-13-18/h3-5,8-11,14-15,18-19H,2,6-7,12-13,16H2,1H3,(H,25,28)(H,26,27). The van der Waals surface area contributed by atoms with E-state index in [1.54, 1.807) is 24.3 Å². The summed E-state index contributed by atoms with van der Waals surface area (Å²) >= 11 is 0. The number of rotatable bonds is 8. The van der Waals surface area contributed by atoms with E-state index in [1.807, 2.05) is 37.3 Å². The van der Waals surface area contributed by atoms with Crippen LogP contribution in [0.2, 0.25) is 0 Å². The van der Waals surface area contributed by atoms with Gasteiger partial charge in [0, 0.05) is 6.04 Å². The van der Waals surface area contributed by atoms with E-state index in [-0.39, 0.29) is 11.9 Å². The van der Waals surface area contributed by atoms with Crippen LogP contribution in [-0.4, -0.2) is 30.4 Å². The minimum absolute atomic E-state index is 0.186. The number of ether oxygens (including phenoxy) is 1. The number of hydrogen-bond donors (Lipinski definition) is 2. The van der Waals surface area contributed by atoms with Gasteiger partial charge >= 0.3 is 5.97 Å². The zero-order valence-corrected chi connectivity index (χ0v) is 17.2. The molecule has 1 aliphatic carbocycles. The van der Waals surface area contributed by atoms with E-state index in [4.69, 9.17) is 4.74 Å². The molecule has 2 aromatic rings. The molecule has 2 N–H and O–H groups in total. The summed E-state index contributed by atoms with van der Waals surface area (Å²) in [7, 11) is 0. The Bertz CT molecular complexity index is 876. The van der Waals surface area contributed by atoms with Gasteiger partial charge in [0.15, 0.2) is 6.61 Å². The van der Waals surface area contributed by atoms with Crippen molar-refractivity contribution in [1.29, 1.82) is 0 Å². The molecule has 2 aromatic carbocycles. The third-order valence-electron chi connectivity index (χ3n) is 5.38. The minimum atomic E-state index is -0.479. The fourth-order valence-electron chi connectivity index (χ4n) is 3.77. The number of esters is 1. The van der Waals surface area contributed by atoms with Crippen molar-refractivity contribution >= 4 is 23.5 Å². The van der Waals surface area contributed by atoms with Crippen LogP contribution in [0.3, 0.4) is 0 Å². The van der Waals surface area contributed by atoms with Crippen LogP contribution in [0.15, 0.2) is 54.6 Å². The molecule has 1 atom stereocenters. The van der Waals surface area contributed by atoms with Crippen LogP contribution in [-0.2, 0) is 14.3 Å². The maximum Gasteiger partial charge on any atom is 0.313 e. The Morgan fingerprint density at radius 3 is 2.37 bits per heavy atom. The predicted molar refractivity (Wildman–Crippen MR) is 115 cm³/mol. The summed E-state index contributed by atoms with van der Waals surface area (Å²) in [6.07, 6.45) is 4.79. The average Bonchev–Trinajstić information content (AvgIpc) is 3.27. The summed E-state index contributed by atoms with van der Waals surface area (Å²) < 4.78 is 5.24. The van der Waals surface area contributed by atoms with Crippen LogP contribution >= 0.6 is 0 Å². The van der Waals surface area contributed by atoms with Crippen LogP contribution < -0.4 is 10.6 Å². The van der Waals surface area contributed by atoms with Gasteiger partial charge in [0.2, 0.25) is 0 Å². The quantitative estimate of drug-likeness (QED) is 0.646. The monoisotopic (exact) mass is 408 g/mol. The molecular weight excluding hydrogens is 380 g/mol. The van der Waals surface area contributed by atoms with Gasteiger partial charge in [0.25, 0.3) is 11.8 Å². The Morgan fingerprint density at radius 1 is 1.00 bits per heavy atom. The molecule has 158 valence electrons. The highest BCUT2D eigenvalue weighted by molar-refractivity contribution is 6.04. The fourth-order valence-corrected chi connectivity index (χ4v) is 3.77. The molecule has 1 aliphatic rings. The number of amides is 2. The Balaban J connectivity index is 1.57. The van der Waals surface area contributed by atoms with Crippen molar-refractivity contribution in [2.75, 3.05) is 11.9 Å². The number of benzene rings is 2. The highest BCUT2D eigenvalue weighted by Crippen LogP contribution is 2.22. The first-order chi connectivity index (χ1) is 14.6. The second kappa shape index (κ2) is 10.6. The van der Waals surface area contributed by atoms with Crippen LogP contribution in [0.25, 0.3) is 0 Å². The zero-order chi connectivity index (χ0) is 21.3. The second-order valence-electron chi connectivity index (χ2n) is 7.53.